The molecule has 0 aliphatic carbocycles. The molecule has 0 bridgehead atoms. The van der Waals surface area contributed by atoms with Gasteiger partial charge in [-0.1, -0.05) is 97.1 Å². The lowest BCUT2D eigenvalue weighted by atomic mass is 9.76. The van der Waals surface area contributed by atoms with Crippen molar-refractivity contribution < 1.29 is 9.90 Å². The van der Waals surface area contributed by atoms with Crippen molar-refractivity contribution >= 4 is 17.7 Å². The van der Waals surface area contributed by atoms with Gasteiger partial charge in [0, 0.05) is 0 Å². The van der Waals surface area contributed by atoms with Gasteiger partial charge in [0.25, 0.3) is 0 Å². The summed E-state index contributed by atoms with van der Waals surface area (Å²) in [5.74, 6) is -0.929. The first-order valence-electron chi connectivity index (χ1n) is 11.1. The topological polar surface area (TPSA) is 88.2 Å². The van der Waals surface area contributed by atoms with Gasteiger partial charge in [-0.3, -0.25) is 15.1 Å². The first kappa shape index (κ1) is 23.0. The second-order valence-corrected chi connectivity index (χ2v) is 8.04. The predicted molar refractivity (Wildman–Crippen MR) is 136 cm³/mol. The lowest BCUT2D eigenvalue weighted by Crippen LogP contribution is -2.52. The van der Waals surface area contributed by atoms with E-state index in [1.165, 1.54) is 0 Å². The van der Waals surface area contributed by atoms with Gasteiger partial charge < -0.3 is 10.8 Å². The van der Waals surface area contributed by atoms with Gasteiger partial charge in [-0.15, -0.1) is 0 Å². The molecule has 4 N–H and O–H groups in total. The number of carboxylic acids is 1. The molecule has 0 radical (unpaired) electrons. The van der Waals surface area contributed by atoms with E-state index in [0.717, 1.165) is 22.4 Å². The lowest BCUT2D eigenvalue weighted by Gasteiger charge is -2.39. The zero-order valence-corrected chi connectivity index (χ0v) is 18.7. The average Bonchev–Trinajstić information content (AvgIpc) is 2.89. The van der Waals surface area contributed by atoms with Gasteiger partial charge in [0.05, 0.1) is 23.1 Å². The number of hydrogen-bond donors (Lipinski definition) is 3. The standard InChI is InChI=1S/C29H27N3O2/c30-25-19-20-26(31-21-25)17-10-18-27(28(33)34)32-29(22-11-4-1-5-12-22,23-13-6-2-7-14-23)24-15-8-3-9-16-24/h1-17,19-21,27,32H,18,30H2,(H,33,34)/t27-/m0/s1. The van der Waals surface area contributed by atoms with E-state index in [0.29, 0.717) is 5.69 Å². The summed E-state index contributed by atoms with van der Waals surface area (Å²) in [4.78, 5) is 16.7. The molecule has 0 aliphatic rings. The van der Waals surface area contributed by atoms with E-state index >= 15 is 0 Å². The smallest absolute Gasteiger partial charge is 0.321 e. The second kappa shape index (κ2) is 10.6. The Labute approximate surface area is 199 Å². The molecule has 34 heavy (non-hydrogen) atoms. The molecule has 1 aromatic heterocycles. The van der Waals surface area contributed by atoms with Crippen molar-refractivity contribution in [1.82, 2.24) is 10.3 Å². The fraction of sp³-hybridized carbons (Fsp3) is 0.103. The predicted octanol–water partition coefficient (Wildman–Crippen LogP) is 5.10. The van der Waals surface area contributed by atoms with Crippen LogP contribution < -0.4 is 11.1 Å². The number of anilines is 1. The highest BCUT2D eigenvalue weighted by atomic mass is 16.4. The minimum atomic E-state index is -0.929. The van der Waals surface area contributed by atoms with Crippen LogP contribution in [0, 0.1) is 0 Å². The number of nitrogen functional groups attached to an aromatic ring is 1. The minimum Gasteiger partial charge on any atom is -0.480 e. The molecule has 0 spiro atoms. The van der Waals surface area contributed by atoms with Crippen LogP contribution in [0.25, 0.3) is 6.08 Å². The van der Waals surface area contributed by atoms with Gasteiger partial charge >= 0.3 is 5.97 Å². The maximum atomic E-state index is 12.4. The van der Waals surface area contributed by atoms with Crippen LogP contribution in [0.1, 0.15) is 28.8 Å². The van der Waals surface area contributed by atoms with E-state index in [9.17, 15) is 9.90 Å². The third-order valence-electron chi connectivity index (χ3n) is 5.78. The maximum absolute atomic E-state index is 12.4. The Morgan fingerprint density at radius 3 is 1.76 bits per heavy atom. The molecule has 0 saturated heterocycles. The van der Waals surface area contributed by atoms with Crippen LogP contribution in [-0.4, -0.2) is 22.1 Å². The summed E-state index contributed by atoms with van der Waals surface area (Å²) in [6, 6.07) is 32.6. The molecule has 0 fully saturated rings. The molecule has 3 aromatic carbocycles. The summed E-state index contributed by atoms with van der Waals surface area (Å²) < 4.78 is 0. The van der Waals surface area contributed by atoms with Crippen LogP contribution in [0.15, 0.2) is 115 Å². The van der Waals surface area contributed by atoms with Crippen molar-refractivity contribution in [3.05, 3.63) is 138 Å². The Morgan fingerprint density at radius 2 is 1.35 bits per heavy atom. The van der Waals surface area contributed by atoms with Gasteiger partial charge in [-0.2, -0.15) is 0 Å². The number of pyridine rings is 1. The molecule has 4 rings (SSSR count). The molecule has 0 aliphatic heterocycles. The summed E-state index contributed by atoms with van der Waals surface area (Å²) >= 11 is 0. The van der Waals surface area contributed by atoms with Crippen LogP contribution in [0.3, 0.4) is 0 Å². The highest BCUT2D eigenvalue weighted by Gasteiger charge is 2.39. The molecule has 4 aromatic rings. The average molecular weight is 450 g/mol. The number of benzene rings is 3. The Kier molecular flexibility index (Phi) is 7.16. The summed E-state index contributed by atoms with van der Waals surface area (Å²) in [6.45, 7) is 0. The third kappa shape index (κ3) is 5.05. The van der Waals surface area contributed by atoms with Crippen LogP contribution in [0.5, 0.6) is 0 Å². The quantitative estimate of drug-likeness (QED) is 0.309. The molecule has 1 atom stereocenters. The van der Waals surface area contributed by atoms with E-state index in [1.54, 1.807) is 18.3 Å². The van der Waals surface area contributed by atoms with Crippen molar-refractivity contribution in [2.45, 2.75) is 18.0 Å². The normalized spacial score (nSPS) is 12.5. The van der Waals surface area contributed by atoms with Crippen LogP contribution >= 0.6 is 0 Å². The van der Waals surface area contributed by atoms with Gasteiger partial charge in [-0.25, -0.2) is 0 Å². The summed E-state index contributed by atoms with van der Waals surface area (Å²) in [5, 5.41) is 13.7. The monoisotopic (exact) mass is 449 g/mol. The Balaban J connectivity index is 1.77. The van der Waals surface area contributed by atoms with Crippen molar-refractivity contribution in [2.75, 3.05) is 5.73 Å². The summed E-state index contributed by atoms with van der Waals surface area (Å²) in [7, 11) is 0. The molecular formula is C29H27N3O2. The molecule has 0 saturated carbocycles. The molecule has 0 unspecified atom stereocenters. The second-order valence-electron chi connectivity index (χ2n) is 8.04. The number of rotatable bonds is 9. The lowest BCUT2D eigenvalue weighted by molar-refractivity contribution is -0.139. The zero-order valence-electron chi connectivity index (χ0n) is 18.7. The van der Waals surface area contributed by atoms with Gasteiger partial charge in [0.2, 0.25) is 0 Å². The maximum Gasteiger partial charge on any atom is 0.321 e. The van der Waals surface area contributed by atoms with Crippen molar-refractivity contribution in [3.8, 4) is 0 Å². The fourth-order valence-corrected chi connectivity index (χ4v) is 4.14. The summed E-state index contributed by atoms with van der Waals surface area (Å²) in [6.07, 6.45) is 5.50. The SMILES string of the molecule is Nc1ccc(C=CC[C@H](NC(c2ccccc2)(c2ccccc2)c2ccccc2)C(=O)O)nc1. The number of nitrogens with two attached hydrogens (primary N) is 1. The van der Waals surface area contributed by atoms with Crippen LogP contribution in [-0.2, 0) is 10.3 Å². The molecule has 5 heteroatoms. The van der Waals surface area contributed by atoms with Crippen LogP contribution in [0.4, 0.5) is 5.69 Å². The molecule has 1 heterocycles. The number of hydrogen-bond acceptors (Lipinski definition) is 4. The van der Waals surface area contributed by atoms with Gasteiger partial charge in [0.1, 0.15) is 6.04 Å². The molecule has 170 valence electrons. The number of aromatic nitrogens is 1. The largest absolute Gasteiger partial charge is 0.480 e. The van der Waals surface area contributed by atoms with E-state index in [-0.39, 0.29) is 6.42 Å². The van der Waals surface area contributed by atoms with E-state index < -0.39 is 17.6 Å². The number of carbonyl (C=O) groups is 1. The highest BCUT2D eigenvalue weighted by molar-refractivity contribution is 5.74. The number of nitrogens with one attached hydrogen (secondary N) is 1. The van der Waals surface area contributed by atoms with Crippen molar-refractivity contribution in [1.29, 1.82) is 0 Å². The Morgan fingerprint density at radius 1 is 0.853 bits per heavy atom. The molecule has 5 nitrogen and oxygen atoms in total. The highest BCUT2D eigenvalue weighted by Crippen LogP contribution is 2.37. The van der Waals surface area contributed by atoms with Gasteiger partial charge in [0.15, 0.2) is 0 Å². The number of aliphatic carboxylic acids is 1. The van der Waals surface area contributed by atoms with Crippen molar-refractivity contribution in [2.24, 2.45) is 0 Å². The third-order valence-corrected chi connectivity index (χ3v) is 5.78. The first-order valence-corrected chi connectivity index (χ1v) is 11.1. The Bertz CT molecular complexity index is 1130. The Hall–Kier alpha value is -4.22. The van der Waals surface area contributed by atoms with Crippen LogP contribution in [0.2, 0.25) is 0 Å². The van der Waals surface area contributed by atoms with E-state index in [1.807, 2.05) is 103 Å². The first-order chi connectivity index (χ1) is 16.6. The van der Waals surface area contributed by atoms with Gasteiger partial charge in [-0.05, 0) is 41.3 Å². The zero-order chi connectivity index (χ0) is 23.8. The fourth-order valence-electron chi connectivity index (χ4n) is 4.14. The molecular weight excluding hydrogens is 422 g/mol. The number of carboxylic acid groups (broad SMARTS) is 1. The molecule has 0 amide bonds. The van der Waals surface area contributed by atoms with E-state index in [4.69, 9.17) is 5.73 Å². The van der Waals surface area contributed by atoms with E-state index in [2.05, 4.69) is 10.3 Å². The van der Waals surface area contributed by atoms with Crippen molar-refractivity contribution in [3.63, 3.8) is 0 Å². The summed E-state index contributed by atoms with van der Waals surface area (Å²) in [5.41, 5.74) is 9.03. The number of nitrogens with zero attached hydrogens (tertiary/aromatic N) is 1. The minimum absolute atomic E-state index is 0.273.